The van der Waals surface area contributed by atoms with Crippen molar-refractivity contribution in [2.24, 2.45) is 0 Å². The molecule has 2 atom stereocenters. The molecule has 11 heteroatoms. The Morgan fingerprint density at radius 2 is 1.06 bits per heavy atom. The number of aromatic nitrogens is 2. The Bertz CT molecular complexity index is 1320. The van der Waals surface area contributed by atoms with Crippen LogP contribution in [-0.4, -0.2) is 82.9 Å². The Labute approximate surface area is 397 Å². The second kappa shape index (κ2) is 40.1. The van der Waals surface area contributed by atoms with Crippen LogP contribution in [0.3, 0.4) is 0 Å². The van der Waals surface area contributed by atoms with Crippen molar-refractivity contribution in [3.05, 3.63) is 18.2 Å². The van der Waals surface area contributed by atoms with Crippen LogP contribution in [-0.2, 0) is 44.7 Å². The fourth-order valence-corrected chi connectivity index (χ4v) is 8.95. The Morgan fingerprint density at radius 1 is 0.569 bits per heavy atom. The molecule has 0 spiro atoms. The first-order valence-corrected chi connectivity index (χ1v) is 27.2. The summed E-state index contributed by atoms with van der Waals surface area (Å²) in [7, 11) is 0. The minimum absolute atomic E-state index is 0.0543. The fraction of sp³-hybridized carbons (Fsp3) is 0.870. The van der Waals surface area contributed by atoms with E-state index in [9.17, 15) is 19.2 Å². The van der Waals surface area contributed by atoms with Gasteiger partial charge in [-0.25, -0.2) is 4.98 Å². The average Bonchev–Trinajstić information content (AvgIpc) is 3.90. The van der Waals surface area contributed by atoms with Crippen LogP contribution < -0.4 is 0 Å². The van der Waals surface area contributed by atoms with E-state index in [1.54, 1.807) is 6.20 Å². The molecule has 2 heterocycles. The summed E-state index contributed by atoms with van der Waals surface area (Å²) >= 11 is 0. The Kier molecular flexibility index (Phi) is 35.9. The van der Waals surface area contributed by atoms with Crippen molar-refractivity contribution in [2.75, 3.05) is 26.3 Å². The molecule has 1 unspecified atom stereocenters. The molecule has 1 aliphatic rings. The minimum atomic E-state index is -0.470. The third kappa shape index (κ3) is 30.9. The smallest absolute Gasteiger partial charge is 0.323 e. The number of rotatable bonds is 44. The number of likely N-dealkylation sites (tertiary alicyclic amines) is 1. The van der Waals surface area contributed by atoms with Crippen molar-refractivity contribution in [2.45, 2.75) is 277 Å². The lowest BCUT2D eigenvalue weighted by Gasteiger charge is -2.22. The molecule has 1 aliphatic heterocycles. The highest BCUT2D eigenvalue weighted by Crippen LogP contribution is 2.24. The van der Waals surface area contributed by atoms with Crippen molar-refractivity contribution in [3.8, 4) is 0 Å². The van der Waals surface area contributed by atoms with Gasteiger partial charge in [-0.2, -0.15) is 0 Å². The molecule has 376 valence electrons. The number of hydrogen-bond donors (Lipinski definition) is 0. The average molecular weight is 916 g/mol. The zero-order valence-corrected chi connectivity index (χ0v) is 42.3. The van der Waals surface area contributed by atoms with Gasteiger partial charge in [0.15, 0.2) is 0 Å². The first-order valence-electron chi connectivity index (χ1n) is 27.2. The Balaban J connectivity index is 1.69. The topological polar surface area (TPSA) is 126 Å². The van der Waals surface area contributed by atoms with Crippen LogP contribution in [0.1, 0.15) is 251 Å². The van der Waals surface area contributed by atoms with Crippen LogP contribution in [0.25, 0.3) is 0 Å². The lowest BCUT2D eigenvalue weighted by atomic mass is 10.0. The zero-order chi connectivity index (χ0) is 47.0. The van der Waals surface area contributed by atoms with E-state index in [-0.39, 0.29) is 42.5 Å². The second-order valence-electron chi connectivity index (χ2n) is 19.0. The summed E-state index contributed by atoms with van der Waals surface area (Å²) in [6.07, 6.45) is 39.7. The molecule has 65 heavy (non-hydrogen) atoms. The summed E-state index contributed by atoms with van der Waals surface area (Å²) in [6.45, 7) is 11.1. The van der Waals surface area contributed by atoms with Gasteiger partial charge in [0.1, 0.15) is 24.1 Å². The summed E-state index contributed by atoms with van der Waals surface area (Å²) < 4.78 is 25.1. The molecule has 0 bridgehead atoms. The number of esters is 4. The minimum Gasteiger partial charge on any atom is -0.466 e. The van der Waals surface area contributed by atoms with Crippen LogP contribution >= 0.6 is 0 Å². The van der Waals surface area contributed by atoms with E-state index in [4.69, 9.17) is 18.9 Å². The van der Waals surface area contributed by atoms with Crippen LogP contribution in [0.15, 0.2) is 12.4 Å². The first kappa shape index (κ1) is 58.2. The van der Waals surface area contributed by atoms with E-state index in [0.29, 0.717) is 52.1 Å². The van der Waals surface area contributed by atoms with Gasteiger partial charge >= 0.3 is 23.9 Å². The molecule has 1 aromatic rings. The Hall–Kier alpha value is -2.95. The number of aryl methyl sites for hydroxylation is 2. The molecule has 1 saturated heterocycles. The van der Waals surface area contributed by atoms with Gasteiger partial charge in [-0.15, -0.1) is 0 Å². The predicted molar refractivity (Wildman–Crippen MR) is 263 cm³/mol. The molecule has 0 amide bonds. The molecule has 0 radical (unpaired) electrons. The van der Waals surface area contributed by atoms with E-state index >= 15 is 0 Å². The lowest BCUT2D eigenvalue weighted by Crippen LogP contribution is -2.38. The van der Waals surface area contributed by atoms with Gasteiger partial charge in [-0.05, 0) is 71.3 Å². The maximum absolute atomic E-state index is 13.4. The quantitative estimate of drug-likeness (QED) is 0.0355. The highest BCUT2D eigenvalue weighted by atomic mass is 16.6. The molecule has 0 aromatic carbocycles. The number of imidazole rings is 1. The van der Waals surface area contributed by atoms with Gasteiger partial charge in [0.05, 0.1) is 19.6 Å². The molecule has 0 N–H and O–H groups in total. The van der Waals surface area contributed by atoms with E-state index in [0.717, 1.165) is 95.7 Å². The normalized spacial score (nSPS) is 15.2. The summed E-state index contributed by atoms with van der Waals surface area (Å²) in [6, 6.07) is -0.470. The van der Waals surface area contributed by atoms with Crippen LogP contribution in [0.5, 0.6) is 0 Å². The summed E-state index contributed by atoms with van der Waals surface area (Å²) in [5.41, 5.74) is 0. The summed E-state index contributed by atoms with van der Waals surface area (Å²) in [4.78, 5) is 57.8. The highest BCUT2D eigenvalue weighted by Gasteiger charge is 2.39. The van der Waals surface area contributed by atoms with Gasteiger partial charge in [-0.3, -0.25) is 24.1 Å². The first-order chi connectivity index (χ1) is 31.8. The zero-order valence-electron chi connectivity index (χ0n) is 42.3. The van der Waals surface area contributed by atoms with E-state index in [1.165, 1.54) is 109 Å². The SMILES string of the molecule is CCCCCCCCCCCOC(=O)CCCCCN1CC(OC(=O)CCn2ccnc2C)C[C@H]1C(=O)OCCCCCCCC(=O)OC(CCCCCCCC)CCCCCCCC. The van der Waals surface area contributed by atoms with Crippen molar-refractivity contribution in [1.82, 2.24) is 14.5 Å². The second-order valence-corrected chi connectivity index (χ2v) is 19.0. The third-order valence-corrected chi connectivity index (χ3v) is 13.1. The molecule has 1 fully saturated rings. The van der Waals surface area contributed by atoms with Gasteiger partial charge < -0.3 is 23.5 Å². The van der Waals surface area contributed by atoms with Crippen molar-refractivity contribution >= 4 is 23.9 Å². The predicted octanol–water partition coefficient (Wildman–Crippen LogP) is 13.5. The van der Waals surface area contributed by atoms with Gasteiger partial charge in [0, 0.05) is 44.7 Å². The monoisotopic (exact) mass is 916 g/mol. The van der Waals surface area contributed by atoms with E-state index < -0.39 is 6.04 Å². The maximum Gasteiger partial charge on any atom is 0.323 e. The molecular formula is C54H97N3O8. The number of unbranched alkanes of at least 4 members (excludes halogenated alkanes) is 24. The number of carbonyl (C=O) groups is 4. The maximum atomic E-state index is 13.4. The molecule has 1 aromatic heterocycles. The molecule has 0 saturated carbocycles. The van der Waals surface area contributed by atoms with Gasteiger partial charge in [-0.1, -0.05) is 162 Å². The van der Waals surface area contributed by atoms with Crippen molar-refractivity contribution in [3.63, 3.8) is 0 Å². The number of ether oxygens (including phenoxy) is 4. The van der Waals surface area contributed by atoms with Crippen LogP contribution in [0.2, 0.25) is 0 Å². The lowest BCUT2D eigenvalue weighted by molar-refractivity contribution is -0.151. The van der Waals surface area contributed by atoms with E-state index in [2.05, 4.69) is 30.7 Å². The third-order valence-electron chi connectivity index (χ3n) is 13.1. The standard InChI is InChI=1S/C54H97N3O8/c1-5-8-11-14-17-18-19-24-32-43-62-51(58)36-30-26-31-40-57-46-49(65-53(60)38-41-56-42-39-55-47(56)4)45-50(57)54(61)63-44-33-25-20-23-29-37-52(59)64-48(34-27-21-15-12-9-6-2)35-28-22-16-13-10-7-3/h39,42,48-50H,5-38,40-41,43-46H2,1-4H3/t49?,50-/m0/s1. The molecule has 11 nitrogen and oxygen atoms in total. The number of hydrogen-bond acceptors (Lipinski definition) is 10. The van der Waals surface area contributed by atoms with Crippen molar-refractivity contribution < 1.29 is 38.1 Å². The van der Waals surface area contributed by atoms with Crippen LogP contribution in [0.4, 0.5) is 0 Å². The van der Waals surface area contributed by atoms with Gasteiger partial charge in [0.25, 0.3) is 0 Å². The van der Waals surface area contributed by atoms with E-state index in [1.807, 2.05) is 17.7 Å². The molecule has 0 aliphatic carbocycles. The largest absolute Gasteiger partial charge is 0.466 e. The van der Waals surface area contributed by atoms with Crippen LogP contribution in [0, 0.1) is 6.92 Å². The molecule has 2 rings (SSSR count). The highest BCUT2D eigenvalue weighted by molar-refractivity contribution is 5.76. The summed E-state index contributed by atoms with van der Waals surface area (Å²) in [5, 5.41) is 0. The van der Waals surface area contributed by atoms with Gasteiger partial charge in [0.2, 0.25) is 0 Å². The number of carbonyl (C=O) groups excluding carboxylic acids is 4. The Morgan fingerprint density at radius 3 is 1.62 bits per heavy atom. The number of nitrogens with zero attached hydrogens (tertiary/aromatic N) is 3. The molecular weight excluding hydrogens is 819 g/mol. The van der Waals surface area contributed by atoms with Crippen molar-refractivity contribution in [1.29, 1.82) is 0 Å². The fourth-order valence-electron chi connectivity index (χ4n) is 8.95. The summed E-state index contributed by atoms with van der Waals surface area (Å²) in [5.74, 6) is 0.111.